The standard InChI is InChI=1S/C24H24N2O3/c1-3-21(18-10-5-4-6-11-18)25-24(28)22(16-20-13-8-14-29-20)26-23(27)19-12-7-9-17(2)15-19/h4-16,21H,3H2,1-2H3,(H,25,28)(H,26,27)/b22-16-/t21-/m0/s1. The first-order chi connectivity index (χ1) is 14.1. The number of amides is 2. The molecule has 5 heteroatoms. The van der Waals surface area contributed by atoms with Crippen molar-refractivity contribution in [1.29, 1.82) is 0 Å². The van der Waals surface area contributed by atoms with Crippen molar-refractivity contribution in [3.8, 4) is 0 Å². The zero-order valence-electron chi connectivity index (χ0n) is 16.5. The van der Waals surface area contributed by atoms with Gasteiger partial charge in [0.25, 0.3) is 11.8 Å². The van der Waals surface area contributed by atoms with Gasteiger partial charge in [0.2, 0.25) is 0 Å². The van der Waals surface area contributed by atoms with Crippen LogP contribution in [-0.2, 0) is 4.79 Å². The van der Waals surface area contributed by atoms with Crippen molar-refractivity contribution in [2.24, 2.45) is 0 Å². The van der Waals surface area contributed by atoms with Crippen molar-refractivity contribution in [1.82, 2.24) is 10.6 Å². The maximum atomic E-state index is 13.0. The van der Waals surface area contributed by atoms with Crippen molar-refractivity contribution >= 4 is 17.9 Å². The molecule has 0 saturated carbocycles. The Morgan fingerprint density at radius 1 is 1.03 bits per heavy atom. The summed E-state index contributed by atoms with van der Waals surface area (Å²) in [4.78, 5) is 25.7. The van der Waals surface area contributed by atoms with Gasteiger partial charge in [0, 0.05) is 11.6 Å². The van der Waals surface area contributed by atoms with Gasteiger partial charge in [-0.05, 0) is 43.2 Å². The first-order valence-corrected chi connectivity index (χ1v) is 9.56. The van der Waals surface area contributed by atoms with E-state index in [1.165, 1.54) is 12.3 Å². The molecule has 2 aromatic carbocycles. The van der Waals surface area contributed by atoms with Crippen LogP contribution in [0.25, 0.3) is 6.08 Å². The Balaban J connectivity index is 1.83. The van der Waals surface area contributed by atoms with E-state index in [4.69, 9.17) is 4.42 Å². The van der Waals surface area contributed by atoms with Crippen LogP contribution in [0.15, 0.2) is 83.1 Å². The van der Waals surface area contributed by atoms with Gasteiger partial charge in [0.15, 0.2) is 0 Å². The lowest BCUT2D eigenvalue weighted by Crippen LogP contribution is -2.36. The highest BCUT2D eigenvalue weighted by atomic mass is 16.3. The van der Waals surface area contributed by atoms with Crippen LogP contribution in [0, 0.1) is 6.92 Å². The molecule has 29 heavy (non-hydrogen) atoms. The first kappa shape index (κ1) is 20.1. The summed E-state index contributed by atoms with van der Waals surface area (Å²) >= 11 is 0. The molecule has 3 aromatic rings. The molecular weight excluding hydrogens is 364 g/mol. The summed E-state index contributed by atoms with van der Waals surface area (Å²) in [7, 11) is 0. The van der Waals surface area contributed by atoms with Gasteiger partial charge < -0.3 is 15.1 Å². The molecule has 0 unspecified atom stereocenters. The number of aryl methyl sites for hydroxylation is 1. The average Bonchev–Trinajstić information content (AvgIpc) is 3.25. The summed E-state index contributed by atoms with van der Waals surface area (Å²) in [6.45, 7) is 3.91. The highest BCUT2D eigenvalue weighted by Crippen LogP contribution is 2.17. The van der Waals surface area contributed by atoms with Gasteiger partial charge >= 0.3 is 0 Å². The third-order valence-electron chi connectivity index (χ3n) is 4.52. The smallest absolute Gasteiger partial charge is 0.268 e. The molecule has 0 spiro atoms. The maximum absolute atomic E-state index is 13.0. The molecule has 2 N–H and O–H groups in total. The van der Waals surface area contributed by atoms with Crippen molar-refractivity contribution in [2.75, 3.05) is 0 Å². The number of hydrogen-bond donors (Lipinski definition) is 2. The molecule has 0 aliphatic heterocycles. The number of carbonyl (C=O) groups excluding carboxylic acids is 2. The highest BCUT2D eigenvalue weighted by molar-refractivity contribution is 6.05. The molecule has 0 saturated heterocycles. The number of hydrogen-bond acceptors (Lipinski definition) is 3. The molecule has 5 nitrogen and oxygen atoms in total. The quantitative estimate of drug-likeness (QED) is 0.580. The Labute approximate surface area is 170 Å². The minimum absolute atomic E-state index is 0.126. The molecule has 1 aromatic heterocycles. The summed E-state index contributed by atoms with van der Waals surface area (Å²) in [5.41, 5.74) is 2.58. The SMILES string of the molecule is CC[C@H](NC(=O)/C(=C/c1ccco1)NC(=O)c1cccc(C)c1)c1ccccc1. The fourth-order valence-electron chi connectivity index (χ4n) is 3.00. The fraction of sp³-hybridized carbons (Fsp3) is 0.167. The Morgan fingerprint density at radius 3 is 2.48 bits per heavy atom. The van der Waals surface area contributed by atoms with Gasteiger partial charge in [-0.2, -0.15) is 0 Å². The molecule has 0 fully saturated rings. The Kier molecular flexibility index (Phi) is 6.63. The van der Waals surface area contributed by atoms with Crippen LogP contribution in [-0.4, -0.2) is 11.8 Å². The molecular formula is C24H24N2O3. The second-order valence-electron chi connectivity index (χ2n) is 6.74. The third-order valence-corrected chi connectivity index (χ3v) is 4.52. The van der Waals surface area contributed by atoms with Gasteiger partial charge in [-0.25, -0.2) is 0 Å². The first-order valence-electron chi connectivity index (χ1n) is 9.56. The molecule has 0 radical (unpaired) electrons. The van der Waals surface area contributed by atoms with Crippen LogP contribution < -0.4 is 10.6 Å². The van der Waals surface area contributed by atoms with Crippen molar-refractivity contribution in [3.63, 3.8) is 0 Å². The lowest BCUT2D eigenvalue weighted by molar-refractivity contribution is -0.118. The summed E-state index contributed by atoms with van der Waals surface area (Å²) in [6, 6.07) is 20.2. The monoisotopic (exact) mass is 388 g/mol. The Morgan fingerprint density at radius 2 is 1.83 bits per heavy atom. The lowest BCUT2D eigenvalue weighted by atomic mass is 10.0. The normalized spacial score (nSPS) is 12.3. The van der Waals surface area contributed by atoms with E-state index in [9.17, 15) is 9.59 Å². The fourth-order valence-corrected chi connectivity index (χ4v) is 3.00. The molecule has 0 bridgehead atoms. The second kappa shape index (κ2) is 9.55. The molecule has 1 atom stereocenters. The van der Waals surface area contributed by atoms with Gasteiger partial charge in [-0.1, -0.05) is 55.0 Å². The highest BCUT2D eigenvalue weighted by Gasteiger charge is 2.19. The van der Waals surface area contributed by atoms with Crippen molar-refractivity contribution < 1.29 is 14.0 Å². The Hall–Kier alpha value is -3.60. The van der Waals surface area contributed by atoms with E-state index in [2.05, 4.69) is 10.6 Å². The Bertz CT molecular complexity index is 992. The minimum Gasteiger partial charge on any atom is -0.465 e. The molecule has 148 valence electrons. The lowest BCUT2D eigenvalue weighted by Gasteiger charge is -2.19. The van der Waals surface area contributed by atoms with Crippen LogP contribution >= 0.6 is 0 Å². The topological polar surface area (TPSA) is 71.3 Å². The number of nitrogens with one attached hydrogen (secondary N) is 2. The van der Waals surface area contributed by atoms with E-state index in [0.717, 1.165) is 17.5 Å². The molecule has 3 rings (SSSR count). The summed E-state index contributed by atoms with van der Waals surface area (Å²) in [6.07, 6.45) is 3.76. The predicted molar refractivity (Wildman–Crippen MR) is 113 cm³/mol. The van der Waals surface area contributed by atoms with E-state index in [-0.39, 0.29) is 23.6 Å². The summed E-state index contributed by atoms with van der Waals surface area (Å²) < 4.78 is 5.33. The number of carbonyl (C=O) groups is 2. The van der Waals surface area contributed by atoms with Gasteiger partial charge in [-0.15, -0.1) is 0 Å². The second-order valence-corrected chi connectivity index (χ2v) is 6.74. The van der Waals surface area contributed by atoms with Gasteiger partial charge in [0.05, 0.1) is 12.3 Å². The minimum atomic E-state index is -0.377. The molecule has 0 aliphatic carbocycles. The van der Waals surface area contributed by atoms with E-state index in [1.54, 1.807) is 24.3 Å². The van der Waals surface area contributed by atoms with E-state index in [0.29, 0.717) is 11.3 Å². The number of rotatable bonds is 7. The van der Waals surface area contributed by atoms with Gasteiger partial charge in [-0.3, -0.25) is 9.59 Å². The molecule has 1 heterocycles. The maximum Gasteiger partial charge on any atom is 0.268 e. The van der Waals surface area contributed by atoms with Crippen LogP contribution in [0.3, 0.4) is 0 Å². The predicted octanol–water partition coefficient (Wildman–Crippen LogP) is 4.63. The van der Waals surface area contributed by atoms with Crippen molar-refractivity contribution in [2.45, 2.75) is 26.3 Å². The van der Waals surface area contributed by atoms with Crippen molar-refractivity contribution in [3.05, 3.63) is 101 Å². The van der Waals surface area contributed by atoms with E-state index < -0.39 is 0 Å². The van der Waals surface area contributed by atoms with Crippen LogP contribution in [0.5, 0.6) is 0 Å². The summed E-state index contributed by atoms with van der Waals surface area (Å²) in [5, 5.41) is 5.73. The zero-order chi connectivity index (χ0) is 20.6. The number of benzene rings is 2. The van der Waals surface area contributed by atoms with Crippen LogP contribution in [0.2, 0.25) is 0 Å². The van der Waals surface area contributed by atoms with Gasteiger partial charge in [0.1, 0.15) is 11.5 Å². The molecule has 2 amide bonds. The number of furan rings is 1. The van der Waals surface area contributed by atoms with E-state index in [1.807, 2.05) is 56.3 Å². The van der Waals surface area contributed by atoms with Crippen LogP contribution in [0.1, 0.15) is 46.6 Å². The van der Waals surface area contributed by atoms with E-state index >= 15 is 0 Å². The summed E-state index contributed by atoms with van der Waals surface area (Å²) in [5.74, 6) is -0.250. The molecule has 0 aliphatic rings. The largest absolute Gasteiger partial charge is 0.465 e. The zero-order valence-corrected chi connectivity index (χ0v) is 16.5. The third kappa shape index (κ3) is 5.45. The average molecular weight is 388 g/mol. The van der Waals surface area contributed by atoms with Crippen LogP contribution in [0.4, 0.5) is 0 Å².